The number of pyridine rings is 1. The summed E-state index contributed by atoms with van der Waals surface area (Å²) in [6, 6.07) is 14.0. The lowest BCUT2D eigenvalue weighted by molar-refractivity contribution is -0.439. The van der Waals surface area contributed by atoms with Crippen LogP contribution in [0.15, 0.2) is 47.7 Å². The number of hydrogen-bond donors (Lipinski definition) is 2. The van der Waals surface area contributed by atoms with E-state index in [1.165, 1.54) is 0 Å². The molecule has 1 aliphatic heterocycles. The molecule has 1 saturated carbocycles. The molecule has 3 N–H and O–H groups in total. The molecule has 7 nitrogen and oxygen atoms in total. The van der Waals surface area contributed by atoms with Gasteiger partial charge in [-0.2, -0.15) is 5.26 Å². The third-order valence-electron chi connectivity index (χ3n) is 5.21. The van der Waals surface area contributed by atoms with Crippen LogP contribution < -0.4 is 10.5 Å². The zero-order valence-corrected chi connectivity index (χ0v) is 15.4. The van der Waals surface area contributed by atoms with Crippen LogP contribution in [0.25, 0.3) is 0 Å². The number of aromatic nitrogens is 1. The highest BCUT2D eigenvalue weighted by Gasteiger charge is 2.36. The molecule has 0 radical (unpaired) electrons. The van der Waals surface area contributed by atoms with Crippen LogP contribution in [0.4, 0.5) is 5.69 Å². The monoisotopic (exact) mass is 376 g/mol. The largest absolute Gasteiger partial charge is 0.472 e. The van der Waals surface area contributed by atoms with E-state index < -0.39 is 6.10 Å². The number of nitrogens with zero attached hydrogens (tertiary/aromatic N) is 4. The molecule has 28 heavy (non-hydrogen) atoms. The molecule has 2 aromatic rings. The van der Waals surface area contributed by atoms with Gasteiger partial charge in [-0.3, -0.25) is 0 Å². The Kier molecular flexibility index (Phi) is 5.04. The second-order valence-electron chi connectivity index (χ2n) is 7.13. The Balaban J connectivity index is 1.60. The van der Waals surface area contributed by atoms with Crippen LogP contribution in [0.1, 0.15) is 30.4 Å². The van der Waals surface area contributed by atoms with Crippen molar-refractivity contribution in [2.24, 2.45) is 22.7 Å². The van der Waals surface area contributed by atoms with Gasteiger partial charge < -0.3 is 15.6 Å². The van der Waals surface area contributed by atoms with Gasteiger partial charge in [0.15, 0.2) is 11.8 Å². The van der Waals surface area contributed by atoms with E-state index >= 15 is 0 Å². The number of ether oxygens (including phenoxy) is 1. The third-order valence-corrected chi connectivity index (χ3v) is 5.21. The van der Waals surface area contributed by atoms with Gasteiger partial charge in [0.25, 0.3) is 5.69 Å². The Morgan fingerprint density at radius 2 is 2.11 bits per heavy atom. The first-order chi connectivity index (χ1) is 13.7. The molecule has 142 valence electrons. The van der Waals surface area contributed by atoms with E-state index in [9.17, 15) is 10.4 Å². The van der Waals surface area contributed by atoms with Gasteiger partial charge in [0.2, 0.25) is 11.7 Å². The summed E-state index contributed by atoms with van der Waals surface area (Å²) in [6.07, 6.45) is 5.10. The molecule has 1 aliphatic carbocycles. The molecular formula is C21H22N5O2+. The normalized spacial score (nSPS) is 25.1. The maximum Gasteiger partial charge on any atom is 0.255 e. The van der Waals surface area contributed by atoms with Crippen molar-refractivity contribution in [3.05, 3.63) is 53.7 Å². The van der Waals surface area contributed by atoms with Crippen LogP contribution in [0, 0.1) is 23.2 Å². The van der Waals surface area contributed by atoms with Crippen molar-refractivity contribution < 1.29 is 14.5 Å². The predicted molar refractivity (Wildman–Crippen MR) is 104 cm³/mol. The van der Waals surface area contributed by atoms with Crippen molar-refractivity contribution in [2.75, 3.05) is 0 Å². The number of hydrazone groups is 1. The number of rotatable bonds is 4. The van der Waals surface area contributed by atoms with Crippen LogP contribution >= 0.6 is 0 Å². The van der Waals surface area contributed by atoms with E-state index in [-0.39, 0.29) is 11.8 Å². The van der Waals surface area contributed by atoms with Gasteiger partial charge in [0, 0.05) is 17.4 Å². The average molecular weight is 376 g/mol. The van der Waals surface area contributed by atoms with Crippen molar-refractivity contribution in [1.82, 2.24) is 4.98 Å². The van der Waals surface area contributed by atoms with Gasteiger partial charge in [-0.15, -0.1) is 0 Å². The Labute approximate surface area is 163 Å². The summed E-state index contributed by atoms with van der Waals surface area (Å²) in [5, 5.41) is 23.7. The van der Waals surface area contributed by atoms with Gasteiger partial charge in [0.05, 0.1) is 24.0 Å². The fourth-order valence-electron chi connectivity index (χ4n) is 3.71. The van der Waals surface area contributed by atoms with Crippen LogP contribution in [0.3, 0.4) is 0 Å². The molecular weight excluding hydrogens is 354 g/mol. The summed E-state index contributed by atoms with van der Waals surface area (Å²) in [5.74, 6) is 0.554. The first-order valence-electron chi connectivity index (χ1n) is 9.38. The number of nitrogens with two attached hydrogens (primary N) is 1. The van der Waals surface area contributed by atoms with E-state index in [0.29, 0.717) is 36.7 Å². The lowest BCUT2D eigenvalue weighted by Gasteiger charge is -2.25. The minimum absolute atomic E-state index is 0.0118. The molecule has 0 spiro atoms. The number of hydrogen-bond acceptors (Lipinski definition) is 6. The smallest absolute Gasteiger partial charge is 0.255 e. The van der Waals surface area contributed by atoms with E-state index in [1.807, 2.05) is 42.6 Å². The summed E-state index contributed by atoms with van der Waals surface area (Å²) >= 11 is 0. The quantitative estimate of drug-likeness (QED) is 0.796. The number of benzene rings is 1. The minimum Gasteiger partial charge on any atom is -0.472 e. The zero-order valence-electron chi connectivity index (χ0n) is 15.4. The fourth-order valence-corrected chi connectivity index (χ4v) is 3.71. The Morgan fingerprint density at radius 1 is 1.29 bits per heavy atom. The van der Waals surface area contributed by atoms with Crippen molar-refractivity contribution >= 4 is 17.7 Å². The number of amidine groups is 1. The van der Waals surface area contributed by atoms with Crippen LogP contribution in [-0.2, 0) is 6.61 Å². The Bertz CT molecular complexity index is 965. The average Bonchev–Trinajstić information content (AvgIpc) is 3.04. The topological polar surface area (TPSA) is 108 Å². The minimum atomic E-state index is -0.407. The van der Waals surface area contributed by atoms with E-state index in [2.05, 4.69) is 16.2 Å². The maximum absolute atomic E-state index is 9.83. The second-order valence-corrected chi connectivity index (χ2v) is 7.13. The number of aliphatic hydroxyl groups excluding tert-OH is 1. The van der Waals surface area contributed by atoms with Crippen LogP contribution in [-0.4, -0.2) is 32.9 Å². The van der Waals surface area contributed by atoms with Gasteiger partial charge in [-0.05, 0) is 24.8 Å². The van der Waals surface area contributed by atoms with Crippen molar-refractivity contribution in [3.8, 4) is 11.9 Å². The Morgan fingerprint density at radius 3 is 2.89 bits per heavy atom. The summed E-state index contributed by atoms with van der Waals surface area (Å²) < 4.78 is 7.62. The molecule has 0 bridgehead atoms. The van der Waals surface area contributed by atoms with Crippen molar-refractivity contribution in [1.29, 1.82) is 5.26 Å². The highest BCUT2D eigenvalue weighted by atomic mass is 16.5. The summed E-state index contributed by atoms with van der Waals surface area (Å²) in [5.41, 5.74) is 8.66. The standard InChI is InChI=1S/C21H22N5O2/c22-11-16-10-17(27)7-6-15(16)12-26-18-8-9-24-21(19(18)20(23)25-26)28-13-14-4-2-1-3-5-14/h1-5,8-9,12,15-17,27H,6-7,10,13H2,(H2,23,25)/q+1. The van der Waals surface area contributed by atoms with Crippen LogP contribution in [0.2, 0.25) is 0 Å². The fraction of sp³-hybridized carbons (Fsp3) is 0.333. The third kappa shape index (κ3) is 3.59. The van der Waals surface area contributed by atoms with Gasteiger partial charge in [-0.1, -0.05) is 35.0 Å². The van der Waals surface area contributed by atoms with Gasteiger partial charge >= 0.3 is 0 Å². The molecule has 2 aliphatic rings. The maximum atomic E-state index is 9.83. The number of nitriles is 1. The first-order valence-corrected chi connectivity index (χ1v) is 9.38. The van der Waals surface area contributed by atoms with E-state index in [0.717, 1.165) is 17.7 Å². The molecule has 2 heterocycles. The zero-order chi connectivity index (χ0) is 19.5. The molecule has 1 aromatic carbocycles. The molecule has 7 heteroatoms. The van der Waals surface area contributed by atoms with Crippen LogP contribution in [0.5, 0.6) is 5.88 Å². The van der Waals surface area contributed by atoms with Crippen molar-refractivity contribution in [3.63, 3.8) is 0 Å². The lowest BCUT2D eigenvalue weighted by Crippen LogP contribution is -2.29. The summed E-state index contributed by atoms with van der Waals surface area (Å²) in [6.45, 7) is 0.387. The number of aliphatic hydroxyl groups is 1. The Hall–Kier alpha value is -3.24. The molecule has 3 unspecified atom stereocenters. The second kappa shape index (κ2) is 7.79. The molecule has 1 fully saturated rings. The summed E-state index contributed by atoms with van der Waals surface area (Å²) in [7, 11) is 0. The molecule has 3 atom stereocenters. The first kappa shape index (κ1) is 18.1. The van der Waals surface area contributed by atoms with E-state index in [1.54, 1.807) is 10.9 Å². The van der Waals surface area contributed by atoms with Gasteiger partial charge in [0.1, 0.15) is 6.61 Å². The number of fused-ring (bicyclic) bond motifs is 1. The SMILES string of the molecule is N#CC1CC(O)CCC1C=[N+]1N=C(N)c2c1ccnc2OCc1ccccc1. The van der Waals surface area contributed by atoms with Gasteiger partial charge in [-0.25, -0.2) is 4.98 Å². The van der Waals surface area contributed by atoms with E-state index in [4.69, 9.17) is 10.5 Å². The van der Waals surface area contributed by atoms with Crippen molar-refractivity contribution in [2.45, 2.75) is 32.0 Å². The molecule has 1 aromatic heterocycles. The lowest BCUT2D eigenvalue weighted by atomic mass is 9.79. The summed E-state index contributed by atoms with van der Waals surface area (Å²) in [4.78, 5) is 4.33. The highest BCUT2D eigenvalue weighted by Crippen LogP contribution is 2.33. The molecule has 4 rings (SSSR count). The molecule has 0 amide bonds. The molecule has 0 saturated heterocycles. The predicted octanol–water partition coefficient (Wildman–Crippen LogP) is 2.31. The highest BCUT2D eigenvalue weighted by molar-refractivity contribution is 6.04.